The zero-order valence-electron chi connectivity index (χ0n) is 18.4. The molecule has 0 aliphatic heterocycles. The predicted molar refractivity (Wildman–Crippen MR) is 133 cm³/mol. The number of thiophene rings is 1. The molecule has 168 valence electrons. The highest BCUT2D eigenvalue weighted by atomic mass is 79.9. The second-order valence-corrected chi connectivity index (χ2v) is 8.86. The molecule has 0 aliphatic carbocycles. The number of amides is 1. The summed E-state index contributed by atoms with van der Waals surface area (Å²) in [6.07, 6.45) is 1.72. The van der Waals surface area contributed by atoms with Gasteiger partial charge in [0, 0.05) is 15.4 Å². The molecule has 1 aromatic heterocycles. The molecule has 0 fully saturated rings. The third kappa shape index (κ3) is 5.78. The molecule has 3 aromatic rings. The van der Waals surface area contributed by atoms with E-state index in [9.17, 15) is 9.59 Å². The van der Waals surface area contributed by atoms with Crippen LogP contribution in [-0.4, -0.2) is 25.1 Å². The Morgan fingerprint density at radius 1 is 1.03 bits per heavy atom. The first-order valence-corrected chi connectivity index (χ1v) is 12.2. The maximum Gasteiger partial charge on any atom is 0.341 e. The molecule has 1 amide bonds. The number of anilines is 1. The van der Waals surface area contributed by atoms with Gasteiger partial charge in [0.15, 0.2) is 6.61 Å². The van der Waals surface area contributed by atoms with Crippen LogP contribution in [0, 0.1) is 0 Å². The average molecular weight is 516 g/mol. The number of hydrogen-bond donors (Lipinski definition) is 1. The molecule has 3 rings (SSSR count). The molecule has 0 radical (unpaired) electrons. The monoisotopic (exact) mass is 515 g/mol. The lowest BCUT2D eigenvalue weighted by atomic mass is 10.0. The van der Waals surface area contributed by atoms with Gasteiger partial charge in [0.2, 0.25) is 0 Å². The Balaban J connectivity index is 1.80. The fourth-order valence-electron chi connectivity index (χ4n) is 3.26. The molecule has 0 saturated heterocycles. The lowest BCUT2D eigenvalue weighted by Gasteiger charge is -2.12. The van der Waals surface area contributed by atoms with Crippen LogP contribution < -0.4 is 10.1 Å². The van der Waals surface area contributed by atoms with Crippen molar-refractivity contribution in [1.82, 2.24) is 0 Å². The van der Waals surface area contributed by atoms with Gasteiger partial charge in [-0.2, -0.15) is 0 Å². The third-order valence-electron chi connectivity index (χ3n) is 4.96. The van der Waals surface area contributed by atoms with Gasteiger partial charge in [0.1, 0.15) is 16.3 Å². The van der Waals surface area contributed by atoms with Crippen LogP contribution in [0.1, 0.15) is 42.3 Å². The van der Waals surface area contributed by atoms with E-state index in [0.29, 0.717) is 16.3 Å². The van der Waals surface area contributed by atoms with Gasteiger partial charge in [-0.25, -0.2) is 4.79 Å². The van der Waals surface area contributed by atoms with Crippen molar-refractivity contribution in [1.29, 1.82) is 0 Å². The van der Waals surface area contributed by atoms with Crippen molar-refractivity contribution >= 4 is 44.1 Å². The minimum Gasteiger partial charge on any atom is -0.483 e. The maximum atomic E-state index is 12.7. The van der Waals surface area contributed by atoms with Gasteiger partial charge in [-0.05, 0) is 54.7 Å². The van der Waals surface area contributed by atoms with Gasteiger partial charge >= 0.3 is 5.97 Å². The molecule has 2 aromatic carbocycles. The van der Waals surface area contributed by atoms with E-state index in [2.05, 4.69) is 28.2 Å². The molecule has 32 heavy (non-hydrogen) atoms. The molecule has 7 heteroatoms. The number of hydrogen-bond acceptors (Lipinski definition) is 5. The molecule has 1 heterocycles. The summed E-state index contributed by atoms with van der Waals surface area (Å²) >= 11 is 4.75. The Bertz CT molecular complexity index is 1090. The van der Waals surface area contributed by atoms with Gasteiger partial charge in [-0.1, -0.05) is 54.0 Å². The smallest absolute Gasteiger partial charge is 0.341 e. The summed E-state index contributed by atoms with van der Waals surface area (Å²) in [6.45, 7) is 5.98. The van der Waals surface area contributed by atoms with E-state index in [4.69, 9.17) is 9.47 Å². The summed E-state index contributed by atoms with van der Waals surface area (Å²) in [4.78, 5) is 25.3. The maximum absolute atomic E-state index is 12.7. The molecule has 0 saturated carbocycles. The van der Waals surface area contributed by atoms with Crippen LogP contribution in [0.2, 0.25) is 0 Å². The van der Waals surface area contributed by atoms with E-state index in [0.717, 1.165) is 34.0 Å². The van der Waals surface area contributed by atoms with Crippen molar-refractivity contribution in [2.45, 2.75) is 33.6 Å². The Morgan fingerprint density at radius 3 is 2.44 bits per heavy atom. The fourth-order valence-corrected chi connectivity index (χ4v) is 4.64. The molecule has 5 nitrogen and oxygen atoms in total. The molecular formula is C25H26BrNO4S. The van der Waals surface area contributed by atoms with Crippen LogP contribution in [0.25, 0.3) is 11.1 Å². The van der Waals surface area contributed by atoms with Crippen molar-refractivity contribution in [3.05, 3.63) is 69.0 Å². The number of carbonyl (C=O) groups is 2. The van der Waals surface area contributed by atoms with Crippen molar-refractivity contribution < 1.29 is 19.1 Å². The first-order valence-electron chi connectivity index (χ1n) is 10.6. The van der Waals surface area contributed by atoms with Gasteiger partial charge in [0.05, 0.1) is 6.61 Å². The Hall–Kier alpha value is -2.64. The predicted octanol–water partition coefficient (Wildman–Crippen LogP) is 6.50. The van der Waals surface area contributed by atoms with E-state index < -0.39 is 5.97 Å². The summed E-state index contributed by atoms with van der Waals surface area (Å²) in [7, 11) is 0. The zero-order chi connectivity index (χ0) is 23.1. The third-order valence-corrected chi connectivity index (χ3v) is 6.35. The Labute approximate surface area is 200 Å². The largest absolute Gasteiger partial charge is 0.483 e. The van der Waals surface area contributed by atoms with Crippen molar-refractivity contribution in [3.63, 3.8) is 0 Å². The summed E-state index contributed by atoms with van der Waals surface area (Å²) < 4.78 is 12.0. The lowest BCUT2D eigenvalue weighted by Crippen LogP contribution is -2.21. The molecule has 0 aliphatic rings. The van der Waals surface area contributed by atoms with E-state index in [1.165, 1.54) is 16.9 Å². The van der Waals surface area contributed by atoms with E-state index in [1.807, 2.05) is 54.8 Å². The minimum absolute atomic E-state index is 0.157. The lowest BCUT2D eigenvalue weighted by molar-refractivity contribution is -0.118. The average Bonchev–Trinajstić information content (AvgIpc) is 3.21. The van der Waals surface area contributed by atoms with Gasteiger partial charge in [-0.3, -0.25) is 4.79 Å². The van der Waals surface area contributed by atoms with Crippen LogP contribution in [0.3, 0.4) is 0 Å². The number of esters is 1. The highest BCUT2D eigenvalue weighted by molar-refractivity contribution is 9.10. The molecular weight excluding hydrogens is 490 g/mol. The first-order chi connectivity index (χ1) is 15.5. The number of ether oxygens (including phenoxy) is 2. The summed E-state index contributed by atoms with van der Waals surface area (Å²) in [5.74, 6) is -0.129. The summed E-state index contributed by atoms with van der Waals surface area (Å²) in [5.41, 5.74) is 4.24. The first kappa shape index (κ1) is 24.0. The second-order valence-electron chi connectivity index (χ2n) is 7.07. The zero-order valence-corrected chi connectivity index (χ0v) is 20.8. The molecule has 0 unspecified atom stereocenters. The quantitative estimate of drug-likeness (QED) is 0.330. The molecule has 0 spiro atoms. The SMILES string of the molecule is CCOC(=O)c1c(-c2ccc(CC)cc2)csc1NC(=O)COc1ccc(Br)cc1CC. The van der Waals surface area contributed by atoms with Crippen LogP contribution in [-0.2, 0) is 22.4 Å². The summed E-state index contributed by atoms with van der Waals surface area (Å²) in [6, 6.07) is 13.7. The van der Waals surface area contributed by atoms with Crippen molar-refractivity contribution in [2.75, 3.05) is 18.5 Å². The topological polar surface area (TPSA) is 64.6 Å². The van der Waals surface area contributed by atoms with Gasteiger partial charge in [0.25, 0.3) is 5.91 Å². The van der Waals surface area contributed by atoms with Gasteiger partial charge < -0.3 is 14.8 Å². The number of aryl methyl sites for hydroxylation is 2. The van der Waals surface area contributed by atoms with E-state index in [1.54, 1.807) is 6.92 Å². The Morgan fingerprint density at radius 2 is 1.78 bits per heavy atom. The highest BCUT2D eigenvalue weighted by Gasteiger charge is 2.23. The van der Waals surface area contributed by atoms with Crippen molar-refractivity contribution in [2.24, 2.45) is 0 Å². The van der Waals surface area contributed by atoms with Crippen LogP contribution in [0.4, 0.5) is 5.00 Å². The normalized spacial score (nSPS) is 10.6. The molecule has 0 bridgehead atoms. The van der Waals surface area contributed by atoms with E-state index in [-0.39, 0.29) is 19.1 Å². The van der Waals surface area contributed by atoms with Gasteiger partial charge in [-0.15, -0.1) is 11.3 Å². The van der Waals surface area contributed by atoms with Crippen LogP contribution in [0.5, 0.6) is 5.75 Å². The van der Waals surface area contributed by atoms with Crippen LogP contribution in [0.15, 0.2) is 52.3 Å². The number of nitrogens with one attached hydrogen (secondary N) is 1. The molecule has 1 N–H and O–H groups in total. The summed E-state index contributed by atoms with van der Waals surface area (Å²) in [5, 5.41) is 5.15. The number of benzene rings is 2. The fraction of sp³-hybridized carbons (Fsp3) is 0.280. The molecule has 0 atom stereocenters. The standard InChI is InChI=1S/C25H26BrNO4S/c1-4-16-7-9-18(10-8-16)20-15-32-24(23(20)25(29)30-6-3)27-22(28)14-31-21-12-11-19(26)13-17(21)5-2/h7-13,15H,4-6,14H2,1-3H3,(H,27,28). The number of halogens is 1. The Kier molecular flexibility index (Phi) is 8.47. The number of carbonyl (C=O) groups excluding carboxylic acids is 2. The second kappa shape index (κ2) is 11.3. The van der Waals surface area contributed by atoms with Crippen LogP contribution >= 0.6 is 27.3 Å². The van der Waals surface area contributed by atoms with Crippen molar-refractivity contribution in [3.8, 4) is 16.9 Å². The number of rotatable bonds is 9. The highest BCUT2D eigenvalue weighted by Crippen LogP contribution is 2.36. The minimum atomic E-state index is -0.458. The van der Waals surface area contributed by atoms with E-state index >= 15 is 0 Å².